The summed E-state index contributed by atoms with van der Waals surface area (Å²) in [6.07, 6.45) is 3.01. The molecule has 3 aromatic rings. The summed E-state index contributed by atoms with van der Waals surface area (Å²) in [7, 11) is 0. The minimum absolute atomic E-state index is 0.0360. The lowest BCUT2D eigenvalue weighted by molar-refractivity contribution is -0.384. The Morgan fingerprint density at radius 3 is 2.58 bits per heavy atom. The first-order valence-electron chi connectivity index (χ1n) is 10.5. The van der Waals surface area contributed by atoms with Crippen LogP contribution < -0.4 is 10.6 Å². The highest BCUT2D eigenvalue weighted by Gasteiger charge is 2.28. The van der Waals surface area contributed by atoms with Crippen molar-refractivity contribution in [2.75, 3.05) is 5.32 Å². The Morgan fingerprint density at radius 1 is 1.06 bits per heavy atom. The van der Waals surface area contributed by atoms with Gasteiger partial charge in [0.05, 0.1) is 4.92 Å². The Morgan fingerprint density at radius 2 is 1.81 bits per heavy atom. The van der Waals surface area contributed by atoms with Crippen LogP contribution in [0.1, 0.15) is 47.2 Å². The van der Waals surface area contributed by atoms with Crippen molar-refractivity contribution in [2.45, 2.75) is 38.3 Å². The van der Waals surface area contributed by atoms with Crippen molar-refractivity contribution in [2.24, 2.45) is 0 Å². The van der Waals surface area contributed by atoms with E-state index in [1.165, 1.54) is 17.2 Å². The molecule has 1 aliphatic rings. The molecule has 1 aliphatic carbocycles. The fourth-order valence-electron chi connectivity index (χ4n) is 4.20. The van der Waals surface area contributed by atoms with E-state index in [1.807, 2.05) is 42.5 Å². The number of rotatable bonds is 6. The van der Waals surface area contributed by atoms with Crippen LogP contribution in [0, 0.1) is 17.0 Å². The normalized spacial score (nSPS) is 16.2. The highest BCUT2D eigenvalue weighted by Crippen LogP contribution is 2.33. The van der Waals surface area contributed by atoms with Crippen molar-refractivity contribution in [1.82, 2.24) is 5.32 Å². The molecular formula is C25H25N3O3. The van der Waals surface area contributed by atoms with Gasteiger partial charge in [-0.2, -0.15) is 0 Å². The van der Waals surface area contributed by atoms with Gasteiger partial charge in [-0.3, -0.25) is 20.2 Å². The second-order valence-electron chi connectivity index (χ2n) is 7.92. The number of anilines is 1. The third kappa shape index (κ3) is 4.64. The summed E-state index contributed by atoms with van der Waals surface area (Å²) in [6.45, 7) is 1.79. The fraction of sp³-hybridized carbons (Fsp3) is 0.240. The molecule has 158 valence electrons. The average Bonchev–Trinajstić information content (AvgIpc) is 2.79. The second-order valence-corrected chi connectivity index (χ2v) is 7.92. The van der Waals surface area contributed by atoms with Crippen LogP contribution in [0.3, 0.4) is 0 Å². The summed E-state index contributed by atoms with van der Waals surface area (Å²) in [6, 6.07) is 22.0. The third-order valence-corrected chi connectivity index (χ3v) is 5.74. The number of nitro benzene ring substituents is 1. The lowest BCUT2D eigenvalue weighted by Gasteiger charge is -2.30. The van der Waals surface area contributed by atoms with Gasteiger partial charge in [0.2, 0.25) is 5.91 Å². The summed E-state index contributed by atoms with van der Waals surface area (Å²) in [5, 5.41) is 17.8. The van der Waals surface area contributed by atoms with E-state index in [9.17, 15) is 14.9 Å². The standard InChI is InChI=1S/C25H25N3O3/c1-17-14-15-22(23(16-17)28(30)31)27-25(29)24(19-9-3-2-4-10-19)26-21-13-7-11-18-8-5-6-12-20(18)21/h2-6,8-10,12,14-16,21,24,26H,7,11,13H2,1H3,(H,27,29)/t21-,24+/m1/s1. The summed E-state index contributed by atoms with van der Waals surface area (Å²) < 4.78 is 0. The molecule has 6 heteroatoms. The molecule has 0 bridgehead atoms. The highest BCUT2D eigenvalue weighted by molar-refractivity contribution is 5.97. The number of nitrogens with zero attached hydrogens (tertiary/aromatic N) is 1. The fourth-order valence-corrected chi connectivity index (χ4v) is 4.20. The monoisotopic (exact) mass is 415 g/mol. The molecule has 0 spiro atoms. The topological polar surface area (TPSA) is 84.3 Å². The number of aryl methyl sites for hydroxylation is 2. The van der Waals surface area contributed by atoms with E-state index in [-0.39, 0.29) is 23.3 Å². The molecule has 0 saturated heterocycles. The van der Waals surface area contributed by atoms with Crippen LogP contribution in [-0.4, -0.2) is 10.8 Å². The molecule has 0 radical (unpaired) electrons. The number of nitro groups is 1. The van der Waals surface area contributed by atoms with E-state index in [2.05, 4.69) is 22.8 Å². The zero-order chi connectivity index (χ0) is 21.8. The predicted molar refractivity (Wildman–Crippen MR) is 121 cm³/mol. The van der Waals surface area contributed by atoms with Gasteiger partial charge >= 0.3 is 0 Å². The van der Waals surface area contributed by atoms with Gasteiger partial charge in [-0.25, -0.2) is 0 Å². The van der Waals surface area contributed by atoms with Crippen LogP contribution >= 0.6 is 0 Å². The van der Waals surface area contributed by atoms with E-state index in [0.717, 1.165) is 30.4 Å². The van der Waals surface area contributed by atoms with Crippen LogP contribution in [0.25, 0.3) is 0 Å². The van der Waals surface area contributed by atoms with Crippen LogP contribution in [-0.2, 0) is 11.2 Å². The van der Waals surface area contributed by atoms with Crippen molar-refractivity contribution in [3.8, 4) is 0 Å². The maximum Gasteiger partial charge on any atom is 0.293 e. The van der Waals surface area contributed by atoms with Crippen LogP contribution in [0.2, 0.25) is 0 Å². The van der Waals surface area contributed by atoms with Crippen LogP contribution in [0.15, 0.2) is 72.8 Å². The third-order valence-electron chi connectivity index (χ3n) is 5.74. The van der Waals surface area contributed by atoms with Crippen molar-refractivity contribution in [1.29, 1.82) is 0 Å². The van der Waals surface area contributed by atoms with Crippen LogP contribution in [0.5, 0.6) is 0 Å². The Bertz CT molecular complexity index is 1100. The van der Waals surface area contributed by atoms with E-state index < -0.39 is 11.0 Å². The Kier molecular flexibility index (Phi) is 6.09. The molecule has 2 N–H and O–H groups in total. The molecule has 3 aromatic carbocycles. The second kappa shape index (κ2) is 9.10. The molecule has 0 aromatic heterocycles. The van der Waals surface area contributed by atoms with E-state index in [0.29, 0.717) is 0 Å². The summed E-state index contributed by atoms with van der Waals surface area (Å²) in [5.41, 5.74) is 4.19. The first-order valence-corrected chi connectivity index (χ1v) is 10.5. The van der Waals surface area contributed by atoms with Gasteiger partial charge in [-0.1, -0.05) is 60.7 Å². The SMILES string of the molecule is Cc1ccc(NC(=O)[C@@H](N[C@@H]2CCCc3ccccc32)c2ccccc2)c([N+](=O)[O-])c1. The van der Waals surface area contributed by atoms with E-state index in [1.54, 1.807) is 19.1 Å². The molecule has 0 unspecified atom stereocenters. The predicted octanol–water partition coefficient (Wildman–Crippen LogP) is 5.25. The lowest BCUT2D eigenvalue weighted by Crippen LogP contribution is -2.37. The highest BCUT2D eigenvalue weighted by atomic mass is 16.6. The number of benzene rings is 3. The summed E-state index contributed by atoms with van der Waals surface area (Å²) in [5.74, 6) is -0.318. The summed E-state index contributed by atoms with van der Waals surface area (Å²) in [4.78, 5) is 24.4. The van der Waals surface area contributed by atoms with Crippen LogP contribution in [0.4, 0.5) is 11.4 Å². The van der Waals surface area contributed by atoms with E-state index >= 15 is 0 Å². The largest absolute Gasteiger partial charge is 0.319 e. The zero-order valence-corrected chi connectivity index (χ0v) is 17.4. The molecule has 0 aliphatic heterocycles. The Labute approximate surface area is 181 Å². The lowest BCUT2D eigenvalue weighted by atomic mass is 9.87. The van der Waals surface area contributed by atoms with E-state index in [4.69, 9.17) is 0 Å². The smallest absolute Gasteiger partial charge is 0.293 e. The number of hydrogen-bond acceptors (Lipinski definition) is 4. The molecule has 0 heterocycles. The molecule has 0 fully saturated rings. The minimum atomic E-state index is -0.640. The van der Waals surface area contributed by atoms with Gasteiger partial charge in [0.15, 0.2) is 0 Å². The first kappa shape index (κ1) is 20.8. The van der Waals surface area contributed by atoms with Gasteiger partial charge < -0.3 is 5.32 Å². The molecule has 6 nitrogen and oxygen atoms in total. The number of amides is 1. The Balaban J connectivity index is 1.64. The van der Waals surface area contributed by atoms with Crippen molar-refractivity contribution >= 4 is 17.3 Å². The van der Waals surface area contributed by atoms with Gasteiger partial charge in [0.1, 0.15) is 11.7 Å². The van der Waals surface area contributed by atoms with Crippen molar-refractivity contribution < 1.29 is 9.72 Å². The molecule has 0 saturated carbocycles. The molecular weight excluding hydrogens is 390 g/mol. The van der Waals surface area contributed by atoms with Crippen molar-refractivity contribution in [3.05, 3.63) is 105 Å². The molecule has 1 amide bonds. The Hall–Kier alpha value is -3.51. The summed E-state index contributed by atoms with van der Waals surface area (Å²) >= 11 is 0. The minimum Gasteiger partial charge on any atom is -0.319 e. The number of carbonyl (C=O) groups is 1. The number of hydrogen-bond donors (Lipinski definition) is 2. The molecule has 4 rings (SSSR count). The average molecular weight is 415 g/mol. The number of nitrogens with one attached hydrogen (secondary N) is 2. The maximum absolute atomic E-state index is 13.4. The van der Waals surface area contributed by atoms with Gasteiger partial charge in [0.25, 0.3) is 5.69 Å². The van der Waals surface area contributed by atoms with Gasteiger partial charge in [0, 0.05) is 12.1 Å². The van der Waals surface area contributed by atoms with Crippen molar-refractivity contribution in [3.63, 3.8) is 0 Å². The first-order chi connectivity index (χ1) is 15.0. The molecule has 2 atom stereocenters. The zero-order valence-electron chi connectivity index (χ0n) is 17.4. The maximum atomic E-state index is 13.4. The van der Waals surface area contributed by atoms with Gasteiger partial charge in [-0.05, 0) is 54.5 Å². The van der Waals surface area contributed by atoms with Gasteiger partial charge in [-0.15, -0.1) is 0 Å². The number of fused-ring (bicyclic) bond motifs is 1. The quantitative estimate of drug-likeness (QED) is 0.425. The number of carbonyl (C=O) groups excluding carboxylic acids is 1. The molecule has 31 heavy (non-hydrogen) atoms.